The van der Waals surface area contributed by atoms with Crippen molar-refractivity contribution >= 4 is 52.0 Å². The van der Waals surface area contributed by atoms with Gasteiger partial charge in [-0.3, -0.25) is 0 Å². The normalized spacial score (nSPS) is 12.4. The van der Waals surface area contributed by atoms with Crippen LogP contribution in [0.25, 0.3) is 10.8 Å². The van der Waals surface area contributed by atoms with Crippen LogP contribution in [0.2, 0.25) is 5.02 Å². The molecule has 0 bridgehead atoms. The van der Waals surface area contributed by atoms with Gasteiger partial charge in [0.05, 0.1) is 7.11 Å². The van der Waals surface area contributed by atoms with Crippen LogP contribution in [0, 0.1) is 0 Å². The summed E-state index contributed by atoms with van der Waals surface area (Å²) >= 11 is 6.30. The van der Waals surface area contributed by atoms with Crippen molar-refractivity contribution in [2.45, 2.75) is 58.8 Å². The number of hydrogen-bond donors (Lipinski definition) is 2. The number of halogens is 1. The largest absolute Gasteiger partial charge is 0.497 e. The third-order valence-corrected chi connectivity index (χ3v) is 5.52. The Labute approximate surface area is 231 Å². The molecule has 0 saturated heterocycles. The van der Waals surface area contributed by atoms with Gasteiger partial charge < -0.3 is 24.6 Å². The molecule has 1 atom stereocenters. The molecule has 10 nitrogen and oxygen atoms in total. The van der Waals surface area contributed by atoms with Gasteiger partial charge in [-0.25, -0.2) is 19.4 Å². The van der Waals surface area contributed by atoms with E-state index in [0.29, 0.717) is 27.8 Å². The molecular formula is C28H32ClN3O7. The molecule has 0 fully saturated rings. The van der Waals surface area contributed by atoms with Crippen molar-refractivity contribution < 1.29 is 33.7 Å². The maximum atomic E-state index is 13.1. The van der Waals surface area contributed by atoms with Crippen molar-refractivity contribution in [2.75, 3.05) is 17.3 Å². The predicted molar refractivity (Wildman–Crippen MR) is 149 cm³/mol. The van der Waals surface area contributed by atoms with E-state index in [9.17, 15) is 19.5 Å². The molecule has 208 valence electrons. The second kappa shape index (κ2) is 11.4. The first-order valence-corrected chi connectivity index (χ1v) is 12.4. The fraction of sp³-hybridized carbons (Fsp3) is 0.357. The van der Waals surface area contributed by atoms with E-state index >= 15 is 0 Å². The Morgan fingerprint density at radius 2 is 1.56 bits per heavy atom. The molecule has 0 aliphatic rings. The molecule has 11 heteroatoms. The molecule has 0 saturated carbocycles. The smallest absolute Gasteiger partial charge is 0.425 e. The Bertz CT molecular complexity index is 1370. The highest BCUT2D eigenvalue weighted by atomic mass is 35.5. The summed E-state index contributed by atoms with van der Waals surface area (Å²) in [7, 11) is 1.48. The Balaban J connectivity index is 2.05. The molecule has 0 aliphatic heterocycles. The lowest BCUT2D eigenvalue weighted by atomic mass is 10.0. The minimum Gasteiger partial charge on any atom is -0.497 e. The number of pyridine rings is 1. The Morgan fingerprint density at radius 3 is 2.10 bits per heavy atom. The van der Waals surface area contributed by atoms with Gasteiger partial charge in [-0.05, 0) is 89.4 Å². The maximum Gasteiger partial charge on any atom is 0.425 e. The molecule has 2 N–H and O–H groups in total. The van der Waals surface area contributed by atoms with Gasteiger partial charge in [0.2, 0.25) is 0 Å². The standard InChI is InChI=1S/C28H32ClN3O7/c1-27(2,3)38-25(35)32(26(36)39-28(4,5)6)23-19-10-8-17(14-16(19)12-13-30-23)31-22(24(33)34)20-15-18(37-7)9-11-21(20)29/h8-15,22,31H,1-7H3,(H,33,34). The quantitative estimate of drug-likeness (QED) is 0.336. The number of nitrogens with zero attached hydrogens (tertiary/aromatic N) is 2. The Morgan fingerprint density at radius 1 is 0.949 bits per heavy atom. The number of benzene rings is 2. The lowest BCUT2D eigenvalue weighted by Gasteiger charge is -2.28. The molecule has 0 aliphatic carbocycles. The summed E-state index contributed by atoms with van der Waals surface area (Å²) < 4.78 is 16.1. The molecular weight excluding hydrogens is 526 g/mol. The number of carboxylic acid groups (broad SMARTS) is 1. The van der Waals surface area contributed by atoms with Crippen molar-refractivity contribution in [3.63, 3.8) is 0 Å². The molecule has 2 aromatic carbocycles. The number of carboxylic acids is 1. The predicted octanol–water partition coefficient (Wildman–Crippen LogP) is 6.81. The lowest BCUT2D eigenvalue weighted by molar-refractivity contribution is -0.138. The topological polar surface area (TPSA) is 127 Å². The summed E-state index contributed by atoms with van der Waals surface area (Å²) in [6, 6.07) is 10.1. The number of imide groups is 1. The highest BCUT2D eigenvalue weighted by Gasteiger charge is 2.34. The van der Waals surface area contributed by atoms with Crippen molar-refractivity contribution in [3.8, 4) is 5.75 Å². The van der Waals surface area contributed by atoms with Gasteiger partial charge in [-0.1, -0.05) is 11.6 Å². The number of aliphatic carboxylic acids is 1. The molecule has 1 unspecified atom stereocenters. The summed E-state index contributed by atoms with van der Waals surface area (Å²) in [6.45, 7) is 10.1. The number of methoxy groups -OCH3 is 1. The molecule has 3 rings (SSSR count). The van der Waals surface area contributed by atoms with E-state index in [1.165, 1.54) is 13.3 Å². The average Bonchev–Trinajstić information content (AvgIpc) is 2.80. The van der Waals surface area contributed by atoms with Gasteiger partial charge in [-0.2, -0.15) is 4.90 Å². The van der Waals surface area contributed by atoms with Gasteiger partial charge in [0.25, 0.3) is 0 Å². The fourth-order valence-corrected chi connectivity index (χ4v) is 3.83. The van der Waals surface area contributed by atoms with Crippen LogP contribution in [0.1, 0.15) is 53.1 Å². The SMILES string of the molecule is COc1ccc(Cl)c(C(Nc2ccc3c(N(C(=O)OC(C)(C)C)C(=O)OC(C)(C)C)nccc3c2)C(=O)O)c1. The van der Waals surface area contributed by atoms with Crippen LogP contribution in [0.4, 0.5) is 21.1 Å². The number of aromatic nitrogens is 1. The Kier molecular flexibility index (Phi) is 8.60. The van der Waals surface area contributed by atoms with Crippen molar-refractivity contribution in [1.82, 2.24) is 4.98 Å². The first kappa shape index (κ1) is 29.5. The number of nitrogens with one attached hydrogen (secondary N) is 1. The molecule has 0 spiro atoms. The third-order valence-electron chi connectivity index (χ3n) is 5.18. The number of amides is 2. The third kappa shape index (κ3) is 7.51. The van der Waals surface area contributed by atoms with Crippen LogP contribution in [-0.2, 0) is 14.3 Å². The fourth-order valence-electron chi connectivity index (χ4n) is 3.60. The highest BCUT2D eigenvalue weighted by molar-refractivity contribution is 6.31. The summed E-state index contributed by atoms with van der Waals surface area (Å²) in [6.07, 6.45) is -0.466. The van der Waals surface area contributed by atoms with Crippen LogP contribution in [0.15, 0.2) is 48.7 Å². The van der Waals surface area contributed by atoms with E-state index < -0.39 is 35.4 Å². The highest BCUT2D eigenvalue weighted by Crippen LogP contribution is 2.33. The molecule has 1 heterocycles. The van der Waals surface area contributed by atoms with Gasteiger partial charge >= 0.3 is 18.2 Å². The van der Waals surface area contributed by atoms with E-state index in [2.05, 4.69) is 10.3 Å². The maximum absolute atomic E-state index is 13.1. The number of hydrogen-bond acceptors (Lipinski definition) is 8. The number of rotatable bonds is 6. The number of fused-ring (bicyclic) bond motifs is 1. The number of carbonyl (C=O) groups excluding carboxylic acids is 2. The van der Waals surface area contributed by atoms with Crippen LogP contribution >= 0.6 is 11.6 Å². The van der Waals surface area contributed by atoms with Gasteiger partial charge in [0.1, 0.15) is 17.0 Å². The second-order valence-electron chi connectivity index (χ2n) is 10.7. The second-order valence-corrected chi connectivity index (χ2v) is 11.1. The zero-order chi connectivity index (χ0) is 29.1. The minimum absolute atomic E-state index is 0.00757. The molecule has 3 aromatic rings. The van der Waals surface area contributed by atoms with Crippen molar-refractivity contribution in [3.05, 3.63) is 59.2 Å². The molecule has 2 amide bonds. The average molecular weight is 558 g/mol. The molecule has 1 aromatic heterocycles. The zero-order valence-electron chi connectivity index (χ0n) is 22.9. The minimum atomic E-state index is -1.19. The van der Waals surface area contributed by atoms with E-state index in [1.807, 2.05) is 0 Å². The number of anilines is 2. The number of ether oxygens (including phenoxy) is 3. The summed E-state index contributed by atoms with van der Waals surface area (Å²) in [5.41, 5.74) is -0.995. The molecule has 0 radical (unpaired) electrons. The van der Waals surface area contributed by atoms with Crippen LogP contribution in [0.3, 0.4) is 0 Å². The first-order chi connectivity index (χ1) is 18.1. The van der Waals surface area contributed by atoms with Gasteiger partial charge in [0, 0.05) is 27.9 Å². The van der Waals surface area contributed by atoms with Gasteiger partial charge in [-0.15, -0.1) is 0 Å². The van der Waals surface area contributed by atoms with E-state index in [0.717, 1.165) is 4.90 Å². The number of carbonyl (C=O) groups is 3. The van der Waals surface area contributed by atoms with E-state index in [1.54, 1.807) is 84.0 Å². The van der Waals surface area contributed by atoms with Crippen molar-refractivity contribution in [1.29, 1.82) is 0 Å². The van der Waals surface area contributed by atoms with Crippen molar-refractivity contribution in [2.24, 2.45) is 0 Å². The van der Waals surface area contributed by atoms with E-state index in [-0.39, 0.29) is 10.8 Å². The van der Waals surface area contributed by atoms with Crippen LogP contribution in [0.5, 0.6) is 5.75 Å². The van der Waals surface area contributed by atoms with Crippen LogP contribution < -0.4 is 15.0 Å². The first-order valence-electron chi connectivity index (χ1n) is 12.1. The van der Waals surface area contributed by atoms with Gasteiger partial charge in [0.15, 0.2) is 11.9 Å². The lowest BCUT2D eigenvalue weighted by Crippen LogP contribution is -2.44. The summed E-state index contributed by atoms with van der Waals surface area (Å²) in [5.74, 6) is -0.684. The monoisotopic (exact) mass is 557 g/mol. The summed E-state index contributed by atoms with van der Waals surface area (Å²) in [5, 5.41) is 14.2. The van der Waals surface area contributed by atoms with E-state index in [4.69, 9.17) is 25.8 Å². The molecule has 39 heavy (non-hydrogen) atoms. The van der Waals surface area contributed by atoms with Crippen LogP contribution in [-0.4, -0.2) is 46.6 Å². The summed E-state index contributed by atoms with van der Waals surface area (Å²) in [4.78, 5) is 43.4. The Hall–Kier alpha value is -4.05. The zero-order valence-corrected chi connectivity index (χ0v) is 23.6.